The van der Waals surface area contributed by atoms with E-state index in [0.29, 0.717) is 17.1 Å². The predicted molar refractivity (Wildman–Crippen MR) is 81.8 cm³/mol. The maximum Gasteiger partial charge on any atom is 0.251 e. The van der Waals surface area contributed by atoms with Crippen LogP contribution in [0.3, 0.4) is 0 Å². The van der Waals surface area contributed by atoms with Crippen molar-refractivity contribution in [2.75, 3.05) is 14.2 Å². The summed E-state index contributed by atoms with van der Waals surface area (Å²) >= 11 is 0. The SMILES string of the molecule is COc1ccc(C(C)NC(=O)c2ccc(F)cc2)c(OC)c1. The van der Waals surface area contributed by atoms with Crippen LogP contribution < -0.4 is 14.8 Å². The zero-order valence-corrected chi connectivity index (χ0v) is 12.7. The molecule has 4 nitrogen and oxygen atoms in total. The van der Waals surface area contributed by atoms with Crippen molar-refractivity contribution in [3.8, 4) is 11.5 Å². The van der Waals surface area contributed by atoms with Crippen molar-refractivity contribution in [1.29, 1.82) is 0 Å². The second kappa shape index (κ2) is 6.93. The van der Waals surface area contributed by atoms with Gasteiger partial charge < -0.3 is 14.8 Å². The molecule has 2 aromatic rings. The second-order valence-corrected chi connectivity index (χ2v) is 4.81. The molecule has 0 fully saturated rings. The molecule has 0 heterocycles. The lowest BCUT2D eigenvalue weighted by Gasteiger charge is -2.18. The minimum Gasteiger partial charge on any atom is -0.497 e. The molecule has 0 aromatic heterocycles. The molecule has 116 valence electrons. The van der Waals surface area contributed by atoms with E-state index >= 15 is 0 Å². The molecule has 2 rings (SSSR count). The highest BCUT2D eigenvalue weighted by atomic mass is 19.1. The Bertz CT molecular complexity index is 655. The Hall–Kier alpha value is -2.56. The van der Waals surface area contributed by atoms with Gasteiger partial charge in [0.2, 0.25) is 0 Å². The lowest BCUT2D eigenvalue weighted by Crippen LogP contribution is -2.26. The molecule has 0 saturated carbocycles. The number of hydrogen-bond donors (Lipinski definition) is 1. The minimum absolute atomic E-state index is 0.265. The van der Waals surface area contributed by atoms with Gasteiger partial charge in [0.05, 0.1) is 20.3 Å². The van der Waals surface area contributed by atoms with Crippen molar-refractivity contribution in [1.82, 2.24) is 5.32 Å². The van der Waals surface area contributed by atoms with Crippen LogP contribution in [0.5, 0.6) is 11.5 Å². The smallest absolute Gasteiger partial charge is 0.251 e. The molecule has 22 heavy (non-hydrogen) atoms. The van der Waals surface area contributed by atoms with Crippen LogP contribution in [0.15, 0.2) is 42.5 Å². The van der Waals surface area contributed by atoms with Gasteiger partial charge in [-0.15, -0.1) is 0 Å². The maximum atomic E-state index is 12.9. The number of methoxy groups -OCH3 is 2. The van der Waals surface area contributed by atoms with Crippen molar-refractivity contribution in [3.05, 3.63) is 59.4 Å². The van der Waals surface area contributed by atoms with Gasteiger partial charge in [0, 0.05) is 17.2 Å². The summed E-state index contributed by atoms with van der Waals surface area (Å²) in [5.74, 6) is 0.663. The third-order valence-corrected chi connectivity index (χ3v) is 3.36. The van der Waals surface area contributed by atoms with Crippen LogP contribution in [0, 0.1) is 5.82 Å². The Kier molecular flexibility index (Phi) is 4.99. The monoisotopic (exact) mass is 303 g/mol. The normalized spacial score (nSPS) is 11.6. The number of halogens is 1. The Morgan fingerprint density at radius 3 is 2.36 bits per heavy atom. The van der Waals surface area contributed by atoms with Gasteiger partial charge in [-0.1, -0.05) is 0 Å². The highest BCUT2D eigenvalue weighted by Crippen LogP contribution is 2.29. The standard InChI is InChI=1S/C17H18FNO3/c1-11(15-9-8-14(21-2)10-16(15)22-3)19-17(20)12-4-6-13(18)7-5-12/h4-11H,1-3H3,(H,19,20). The number of benzene rings is 2. The fourth-order valence-electron chi connectivity index (χ4n) is 2.14. The zero-order valence-electron chi connectivity index (χ0n) is 12.7. The zero-order chi connectivity index (χ0) is 16.1. The first kappa shape index (κ1) is 15.8. The Labute approximate surface area is 128 Å². The summed E-state index contributed by atoms with van der Waals surface area (Å²) in [6, 6.07) is 10.5. The first-order valence-corrected chi connectivity index (χ1v) is 6.83. The summed E-state index contributed by atoms with van der Waals surface area (Å²) in [7, 11) is 3.14. The number of nitrogens with one attached hydrogen (secondary N) is 1. The molecule has 1 amide bonds. The van der Waals surface area contributed by atoms with E-state index in [2.05, 4.69) is 5.32 Å². The Morgan fingerprint density at radius 2 is 1.77 bits per heavy atom. The van der Waals surface area contributed by atoms with Crippen LogP contribution in [0.1, 0.15) is 28.9 Å². The number of ether oxygens (including phenoxy) is 2. The van der Waals surface area contributed by atoms with Crippen molar-refractivity contribution in [2.45, 2.75) is 13.0 Å². The quantitative estimate of drug-likeness (QED) is 0.921. The van der Waals surface area contributed by atoms with Gasteiger partial charge in [0.1, 0.15) is 17.3 Å². The van der Waals surface area contributed by atoms with Crippen molar-refractivity contribution < 1.29 is 18.7 Å². The molecule has 0 aliphatic rings. The molecule has 0 radical (unpaired) electrons. The third-order valence-electron chi connectivity index (χ3n) is 3.36. The van der Waals surface area contributed by atoms with E-state index in [4.69, 9.17) is 9.47 Å². The lowest BCUT2D eigenvalue weighted by atomic mass is 10.1. The van der Waals surface area contributed by atoms with Crippen LogP contribution in [-0.2, 0) is 0 Å². The predicted octanol–water partition coefficient (Wildman–Crippen LogP) is 3.33. The van der Waals surface area contributed by atoms with Gasteiger partial charge in [-0.3, -0.25) is 4.79 Å². The number of carbonyl (C=O) groups is 1. The van der Waals surface area contributed by atoms with Crippen molar-refractivity contribution in [3.63, 3.8) is 0 Å². The second-order valence-electron chi connectivity index (χ2n) is 4.81. The number of hydrogen-bond acceptors (Lipinski definition) is 3. The molecule has 0 spiro atoms. The van der Waals surface area contributed by atoms with Gasteiger partial charge in [-0.05, 0) is 43.3 Å². The summed E-state index contributed by atoms with van der Waals surface area (Å²) < 4.78 is 23.4. The van der Waals surface area contributed by atoms with Crippen molar-refractivity contribution >= 4 is 5.91 Å². The summed E-state index contributed by atoms with van der Waals surface area (Å²) in [4.78, 5) is 12.2. The molecule has 0 bridgehead atoms. The average Bonchev–Trinajstić information content (AvgIpc) is 2.54. The van der Waals surface area contributed by atoms with Crippen LogP contribution in [0.2, 0.25) is 0 Å². The van der Waals surface area contributed by atoms with E-state index in [1.165, 1.54) is 24.3 Å². The molecular weight excluding hydrogens is 285 g/mol. The highest BCUT2D eigenvalue weighted by molar-refractivity contribution is 5.94. The molecule has 1 N–H and O–H groups in total. The molecule has 0 aliphatic carbocycles. The fourth-order valence-corrected chi connectivity index (χ4v) is 2.14. The average molecular weight is 303 g/mol. The van der Waals surface area contributed by atoms with E-state index in [0.717, 1.165) is 5.56 Å². The Balaban J connectivity index is 2.16. The summed E-state index contributed by atoms with van der Waals surface area (Å²) in [5.41, 5.74) is 1.24. The largest absolute Gasteiger partial charge is 0.497 e. The lowest BCUT2D eigenvalue weighted by molar-refractivity contribution is 0.0939. The van der Waals surface area contributed by atoms with Gasteiger partial charge in [-0.2, -0.15) is 0 Å². The van der Waals surface area contributed by atoms with Crippen LogP contribution in [0.25, 0.3) is 0 Å². The van der Waals surface area contributed by atoms with E-state index in [9.17, 15) is 9.18 Å². The van der Waals surface area contributed by atoms with Gasteiger partial charge >= 0.3 is 0 Å². The molecule has 2 aromatic carbocycles. The third kappa shape index (κ3) is 3.55. The minimum atomic E-state index is -0.374. The number of rotatable bonds is 5. The molecule has 0 saturated heterocycles. The molecule has 1 atom stereocenters. The first-order chi connectivity index (χ1) is 10.5. The molecule has 5 heteroatoms. The van der Waals surface area contributed by atoms with Crippen LogP contribution in [0.4, 0.5) is 4.39 Å². The number of carbonyl (C=O) groups excluding carboxylic acids is 1. The summed E-state index contributed by atoms with van der Waals surface area (Å²) in [6.07, 6.45) is 0. The van der Waals surface area contributed by atoms with Crippen LogP contribution >= 0.6 is 0 Å². The molecule has 1 unspecified atom stereocenters. The molecule has 0 aliphatic heterocycles. The Morgan fingerprint density at radius 1 is 1.09 bits per heavy atom. The van der Waals surface area contributed by atoms with Crippen molar-refractivity contribution in [2.24, 2.45) is 0 Å². The van der Waals surface area contributed by atoms with Gasteiger partial charge in [0.15, 0.2) is 0 Å². The van der Waals surface area contributed by atoms with Gasteiger partial charge in [-0.25, -0.2) is 4.39 Å². The first-order valence-electron chi connectivity index (χ1n) is 6.83. The van der Waals surface area contributed by atoms with E-state index < -0.39 is 0 Å². The van der Waals surface area contributed by atoms with E-state index in [1.54, 1.807) is 26.4 Å². The fraction of sp³-hybridized carbons (Fsp3) is 0.235. The summed E-state index contributed by atoms with van der Waals surface area (Å²) in [6.45, 7) is 1.85. The summed E-state index contributed by atoms with van der Waals surface area (Å²) in [5, 5.41) is 2.86. The molecular formula is C17H18FNO3. The van der Waals surface area contributed by atoms with E-state index in [1.807, 2.05) is 13.0 Å². The topological polar surface area (TPSA) is 47.6 Å². The van der Waals surface area contributed by atoms with Crippen LogP contribution in [-0.4, -0.2) is 20.1 Å². The highest BCUT2D eigenvalue weighted by Gasteiger charge is 2.16. The van der Waals surface area contributed by atoms with Gasteiger partial charge in [0.25, 0.3) is 5.91 Å². The maximum absolute atomic E-state index is 12.9. The number of amides is 1. The van der Waals surface area contributed by atoms with E-state index in [-0.39, 0.29) is 17.8 Å².